The Hall–Kier alpha value is -8.30. The number of nitrogens with two attached hydrogens (primary N) is 2. The highest BCUT2D eigenvalue weighted by Crippen LogP contribution is 2.53. The number of carbonyl (C=O) groups is 6. The SMILES string of the molecule is CC(C)C(=O)O[C@H]1[C@H](c2ccc3c(N)ncnn23)O[C@](CF)(CO[P@@](=O)(N[C@@H](C)C(=O)OCC(C)(C)O)Oc2ccccc2)[C@H]1OC(=O)C(C)C.CC(C)C(=O)O[C@H]1[C@H](c2ccc3c(N)ncnn23)O[C@](CF)(CO[P@](=O)(N[C@@H](C)C(=O)OCC(C)(C)O)Oc2ccccc2)[C@H]1OC(=O)C(C)C. The van der Waals surface area contributed by atoms with E-state index >= 15 is 8.78 Å². The molecule has 0 bridgehead atoms. The first-order valence-electron chi connectivity index (χ1n) is 32.5. The number of nitrogen functional groups attached to an aromatic ring is 2. The molecule has 6 heterocycles. The van der Waals surface area contributed by atoms with Crippen LogP contribution < -0.4 is 30.7 Å². The molecule has 0 spiro atoms. The minimum absolute atomic E-state index is 0.0633. The van der Waals surface area contributed by atoms with Crippen LogP contribution in [0.15, 0.2) is 97.6 Å². The second-order valence-corrected chi connectivity index (χ2v) is 30.3. The van der Waals surface area contributed by atoms with Crippen LogP contribution in [0.2, 0.25) is 0 Å². The molecule has 0 amide bonds. The van der Waals surface area contributed by atoms with E-state index < -0.39 is 173 Å². The number of nitrogens with zero attached hydrogens (tertiary/aromatic N) is 6. The van der Waals surface area contributed by atoms with Gasteiger partial charge in [0.1, 0.15) is 86.0 Å². The number of nitrogens with one attached hydrogen (secondary N) is 2. The van der Waals surface area contributed by atoms with Crippen molar-refractivity contribution in [3.8, 4) is 11.5 Å². The number of benzene rings is 2. The zero-order valence-corrected chi connectivity index (χ0v) is 60.7. The predicted molar refractivity (Wildman–Crippen MR) is 360 cm³/mol. The highest BCUT2D eigenvalue weighted by Gasteiger charge is 2.64. The molecule has 36 heteroatoms. The number of carbonyl (C=O) groups excluding carboxylic acids is 6. The standard InChI is InChI=1S/2C33H45FN5O11P/c2*1-19(2)29(40)47-26-25(23-13-14-24-28(35)36-18-37-39(23)24)49-33(15-34,27(26)48-30(41)20(3)4)17-46-51(44,50-22-11-9-8-10-12-22)38-21(5)31(42)45-16-32(6,7)43/h2*8-14,18-21,25-27,43H,15-17H2,1-7H3,(H,38,44)(H2,35,36,37)/t21-,25-,26-,27-,33+,51+;21-,25-,26-,27-,33+,51-/m00/s1. The summed E-state index contributed by atoms with van der Waals surface area (Å²) in [6.07, 6.45) is -6.52. The summed E-state index contributed by atoms with van der Waals surface area (Å²) in [5.74, 6) is -7.09. The number of aliphatic hydroxyl groups is 2. The van der Waals surface area contributed by atoms with Crippen molar-refractivity contribution in [3.63, 3.8) is 0 Å². The quantitative estimate of drug-likeness (QED) is 0.0136. The van der Waals surface area contributed by atoms with Gasteiger partial charge in [-0.2, -0.15) is 20.4 Å². The second kappa shape index (κ2) is 33.9. The van der Waals surface area contributed by atoms with Crippen LogP contribution in [0.1, 0.15) is 121 Å². The number of halogens is 2. The van der Waals surface area contributed by atoms with Crippen molar-refractivity contribution in [1.82, 2.24) is 39.4 Å². The van der Waals surface area contributed by atoms with Gasteiger partial charge in [-0.25, -0.2) is 36.9 Å². The maximum atomic E-state index is 15.7. The molecule has 8 rings (SSSR count). The number of hydrogen-bond donors (Lipinski definition) is 6. The fourth-order valence-electron chi connectivity index (χ4n) is 9.84. The predicted octanol–water partition coefficient (Wildman–Crippen LogP) is 7.45. The zero-order chi connectivity index (χ0) is 75.5. The molecule has 4 aromatic heterocycles. The summed E-state index contributed by atoms with van der Waals surface area (Å²) in [6.45, 7) is 15.6. The molecule has 0 aliphatic carbocycles. The van der Waals surface area contributed by atoms with Crippen LogP contribution in [0, 0.1) is 23.7 Å². The number of rotatable bonds is 32. The lowest BCUT2D eigenvalue weighted by Gasteiger charge is -2.34. The summed E-state index contributed by atoms with van der Waals surface area (Å²) >= 11 is 0. The van der Waals surface area contributed by atoms with E-state index in [0.717, 1.165) is 0 Å². The lowest BCUT2D eigenvalue weighted by molar-refractivity contribution is -0.178. The van der Waals surface area contributed by atoms with Gasteiger partial charge < -0.3 is 68.6 Å². The third-order valence-electron chi connectivity index (χ3n) is 15.3. The van der Waals surface area contributed by atoms with Crippen LogP contribution in [0.3, 0.4) is 0 Å². The number of alkyl halides is 2. The molecule has 0 saturated carbocycles. The van der Waals surface area contributed by atoms with Crippen molar-refractivity contribution in [2.24, 2.45) is 23.7 Å². The van der Waals surface area contributed by atoms with Crippen LogP contribution in [-0.2, 0) is 84.8 Å². The fraction of sp³-hybridized carbons (Fsp3) is 0.545. The first-order chi connectivity index (χ1) is 47.8. The molecule has 2 aliphatic rings. The van der Waals surface area contributed by atoms with Gasteiger partial charge in [-0.05, 0) is 90.1 Å². The van der Waals surface area contributed by atoms with Gasteiger partial charge in [-0.1, -0.05) is 91.8 Å². The number of anilines is 2. The monoisotopic (exact) mass is 1470 g/mol. The Balaban J connectivity index is 0.000000286. The number of para-hydroxylation sites is 2. The third-order valence-corrected chi connectivity index (χ3v) is 18.6. The minimum Gasteiger partial charge on any atom is -0.461 e. The highest BCUT2D eigenvalue weighted by atomic mass is 31.2. The van der Waals surface area contributed by atoms with Crippen LogP contribution in [0.25, 0.3) is 11.0 Å². The first-order valence-corrected chi connectivity index (χ1v) is 35.6. The molecule has 0 radical (unpaired) electrons. The first kappa shape index (κ1) is 81.0. The molecule has 560 valence electrons. The van der Waals surface area contributed by atoms with Crippen molar-refractivity contribution in [2.45, 2.75) is 168 Å². The van der Waals surface area contributed by atoms with Crippen molar-refractivity contribution >= 4 is 74.0 Å². The third kappa shape index (κ3) is 20.5. The fourth-order valence-corrected chi connectivity index (χ4v) is 12.9. The van der Waals surface area contributed by atoms with E-state index in [0.29, 0.717) is 11.0 Å². The van der Waals surface area contributed by atoms with Gasteiger partial charge in [0, 0.05) is 0 Å². The largest absolute Gasteiger partial charge is 0.461 e. The normalized spacial score (nSPS) is 22.5. The average Bonchev–Trinajstić information content (AvgIpc) is 1.59. The Labute approximate surface area is 587 Å². The Morgan fingerprint density at radius 1 is 0.529 bits per heavy atom. The molecule has 0 unspecified atom stereocenters. The number of ether oxygens (including phenoxy) is 8. The molecule has 6 aromatic rings. The van der Waals surface area contributed by atoms with Crippen LogP contribution >= 0.6 is 15.5 Å². The lowest BCUT2D eigenvalue weighted by atomic mass is 9.95. The van der Waals surface area contributed by atoms with Gasteiger partial charge in [-0.15, -0.1) is 0 Å². The van der Waals surface area contributed by atoms with Gasteiger partial charge in [0.2, 0.25) is 0 Å². The van der Waals surface area contributed by atoms with Crippen molar-refractivity contribution in [2.75, 3.05) is 51.2 Å². The van der Waals surface area contributed by atoms with E-state index in [1.807, 2.05) is 0 Å². The zero-order valence-electron chi connectivity index (χ0n) is 59.0. The Morgan fingerprint density at radius 2 is 0.853 bits per heavy atom. The van der Waals surface area contributed by atoms with Crippen LogP contribution in [-0.4, -0.2) is 174 Å². The molecular formula is C66H90F2N10O22P2. The molecule has 2 saturated heterocycles. The van der Waals surface area contributed by atoms with E-state index in [9.17, 15) is 48.1 Å². The van der Waals surface area contributed by atoms with Crippen molar-refractivity contribution in [1.29, 1.82) is 0 Å². The van der Waals surface area contributed by atoms with Gasteiger partial charge >= 0.3 is 51.3 Å². The number of esters is 6. The number of aromatic nitrogens is 6. The molecule has 102 heavy (non-hydrogen) atoms. The molecule has 32 nitrogen and oxygen atoms in total. The summed E-state index contributed by atoms with van der Waals surface area (Å²) in [7, 11) is -9.29. The molecule has 2 aromatic carbocycles. The summed E-state index contributed by atoms with van der Waals surface area (Å²) in [5, 5.41) is 33.4. The van der Waals surface area contributed by atoms with Crippen LogP contribution in [0.5, 0.6) is 11.5 Å². The van der Waals surface area contributed by atoms with E-state index in [1.165, 1.54) is 87.5 Å². The second-order valence-electron chi connectivity index (χ2n) is 26.9. The van der Waals surface area contributed by atoms with Crippen LogP contribution in [0.4, 0.5) is 20.4 Å². The Bertz CT molecular complexity index is 3720. The maximum Gasteiger partial charge on any atom is 0.459 e. The molecule has 12 atom stereocenters. The van der Waals surface area contributed by atoms with E-state index in [-0.39, 0.29) is 47.7 Å². The van der Waals surface area contributed by atoms with Gasteiger partial charge in [0.15, 0.2) is 47.3 Å². The van der Waals surface area contributed by atoms with Gasteiger partial charge in [0.25, 0.3) is 0 Å². The van der Waals surface area contributed by atoms with E-state index in [1.54, 1.807) is 116 Å². The van der Waals surface area contributed by atoms with E-state index in [2.05, 4.69) is 30.3 Å². The highest BCUT2D eigenvalue weighted by molar-refractivity contribution is 7.52. The molecule has 2 aliphatic heterocycles. The Morgan fingerprint density at radius 3 is 1.16 bits per heavy atom. The lowest BCUT2D eigenvalue weighted by Crippen LogP contribution is -2.52. The summed E-state index contributed by atoms with van der Waals surface area (Å²) in [5.41, 5.74) is 6.09. The Kier molecular flexibility index (Phi) is 26.9. The molecule has 8 N–H and O–H groups in total. The molecular weight excluding hydrogens is 1380 g/mol. The van der Waals surface area contributed by atoms with Crippen molar-refractivity contribution in [3.05, 3.63) is 109 Å². The topological polar surface area (TPSA) is 424 Å². The molecule has 2 fully saturated rings. The summed E-state index contributed by atoms with van der Waals surface area (Å²) in [6, 6.07) is 19.3. The van der Waals surface area contributed by atoms with Gasteiger partial charge in [0.05, 0.1) is 59.5 Å². The average molecular weight is 1480 g/mol. The number of fused-ring (bicyclic) bond motifs is 2. The summed E-state index contributed by atoms with van der Waals surface area (Å²) in [4.78, 5) is 86.0. The summed E-state index contributed by atoms with van der Waals surface area (Å²) < 4.78 is 132. The minimum atomic E-state index is -4.64. The number of hydrogen-bond acceptors (Lipinski definition) is 28. The smallest absolute Gasteiger partial charge is 0.459 e. The van der Waals surface area contributed by atoms with Crippen molar-refractivity contribution < 1.29 is 113 Å². The van der Waals surface area contributed by atoms with E-state index in [4.69, 9.17) is 67.5 Å². The van der Waals surface area contributed by atoms with Gasteiger partial charge in [-0.3, -0.25) is 37.8 Å². The maximum absolute atomic E-state index is 15.7.